The molecule has 1 aliphatic heterocycles. The quantitative estimate of drug-likeness (QED) is 0.780. The third kappa shape index (κ3) is 2.33. The highest BCUT2D eigenvalue weighted by atomic mass is 16.4. The maximum atomic E-state index is 11.7. The Morgan fingerprint density at radius 2 is 2.29 bits per heavy atom. The average molecular weight is 240 g/mol. The Labute approximate surface area is 103 Å². The fourth-order valence-corrected chi connectivity index (χ4v) is 3.55. The monoisotopic (exact) mass is 240 g/mol. The maximum Gasteiger partial charge on any atom is 0.324 e. The average Bonchev–Trinajstić information content (AvgIpc) is 2.77. The minimum absolute atomic E-state index is 0.489. The summed E-state index contributed by atoms with van der Waals surface area (Å²) in [5.41, 5.74) is 5.10. The molecule has 0 aromatic heterocycles. The number of rotatable bonds is 3. The molecule has 17 heavy (non-hydrogen) atoms. The number of aliphatic carboxylic acids is 1. The molecule has 1 saturated carbocycles. The van der Waals surface area contributed by atoms with Crippen LogP contribution in [-0.4, -0.2) is 41.1 Å². The summed E-state index contributed by atoms with van der Waals surface area (Å²) in [4.78, 5) is 13.9. The number of hydrogen-bond donors (Lipinski definition) is 2. The largest absolute Gasteiger partial charge is 0.480 e. The minimum atomic E-state index is -0.623. The van der Waals surface area contributed by atoms with E-state index < -0.39 is 11.5 Å². The van der Waals surface area contributed by atoms with Gasteiger partial charge in [-0.3, -0.25) is 9.69 Å². The van der Waals surface area contributed by atoms with Crippen molar-refractivity contribution in [2.24, 2.45) is 17.6 Å². The highest BCUT2D eigenvalue weighted by Crippen LogP contribution is 2.39. The molecule has 1 aliphatic carbocycles. The molecule has 0 bridgehead atoms. The van der Waals surface area contributed by atoms with Gasteiger partial charge in [0.1, 0.15) is 5.54 Å². The number of nitrogens with two attached hydrogens (primary N) is 1. The van der Waals surface area contributed by atoms with Crippen LogP contribution < -0.4 is 5.73 Å². The zero-order valence-corrected chi connectivity index (χ0v) is 10.7. The molecular weight excluding hydrogens is 216 g/mol. The molecule has 98 valence electrons. The van der Waals surface area contributed by atoms with Gasteiger partial charge in [0.05, 0.1) is 0 Å². The third-order valence-corrected chi connectivity index (χ3v) is 4.60. The smallest absolute Gasteiger partial charge is 0.324 e. The van der Waals surface area contributed by atoms with Crippen LogP contribution in [0.2, 0.25) is 0 Å². The van der Waals surface area contributed by atoms with Gasteiger partial charge in [0, 0.05) is 6.54 Å². The molecule has 4 heteroatoms. The van der Waals surface area contributed by atoms with Gasteiger partial charge in [-0.05, 0) is 44.2 Å². The summed E-state index contributed by atoms with van der Waals surface area (Å²) >= 11 is 0. The Morgan fingerprint density at radius 1 is 1.53 bits per heavy atom. The predicted molar refractivity (Wildman–Crippen MR) is 66.7 cm³/mol. The first-order valence-electron chi connectivity index (χ1n) is 6.77. The van der Waals surface area contributed by atoms with Gasteiger partial charge in [0.25, 0.3) is 0 Å². The van der Waals surface area contributed by atoms with Crippen LogP contribution in [0.1, 0.15) is 39.0 Å². The number of carboxylic acid groups (broad SMARTS) is 1. The SMILES string of the molecule is CC1CCCC(C(=O)O)(N2CCC(CN)C2)C1. The summed E-state index contributed by atoms with van der Waals surface area (Å²) in [6.07, 6.45) is 4.88. The number of likely N-dealkylation sites (tertiary alicyclic amines) is 1. The molecule has 4 nitrogen and oxygen atoms in total. The summed E-state index contributed by atoms with van der Waals surface area (Å²) < 4.78 is 0. The van der Waals surface area contributed by atoms with Crippen molar-refractivity contribution in [3.63, 3.8) is 0 Å². The molecule has 3 atom stereocenters. The summed E-state index contributed by atoms with van der Waals surface area (Å²) in [5, 5.41) is 9.65. The predicted octanol–water partition coefficient (Wildman–Crippen LogP) is 1.30. The third-order valence-electron chi connectivity index (χ3n) is 4.60. The number of nitrogens with zero attached hydrogens (tertiary/aromatic N) is 1. The molecule has 0 aromatic rings. The van der Waals surface area contributed by atoms with Crippen LogP contribution >= 0.6 is 0 Å². The van der Waals surface area contributed by atoms with Gasteiger partial charge < -0.3 is 10.8 Å². The first kappa shape index (κ1) is 12.8. The van der Waals surface area contributed by atoms with E-state index in [9.17, 15) is 9.90 Å². The van der Waals surface area contributed by atoms with Gasteiger partial charge in [-0.1, -0.05) is 19.8 Å². The van der Waals surface area contributed by atoms with Crippen molar-refractivity contribution >= 4 is 5.97 Å². The van der Waals surface area contributed by atoms with Crippen molar-refractivity contribution in [1.29, 1.82) is 0 Å². The van der Waals surface area contributed by atoms with E-state index in [-0.39, 0.29) is 0 Å². The van der Waals surface area contributed by atoms with E-state index in [4.69, 9.17) is 5.73 Å². The fraction of sp³-hybridized carbons (Fsp3) is 0.923. The molecular formula is C13H24N2O2. The van der Waals surface area contributed by atoms with E-state index in [1.54, 1.807) is 0 Å². The lowest BCUT2D eigenvalue weighted by atomic mass is 9.75. The van der Waals surface area contributed by atoms with Crippen LogP contribution in [0.3, 0.4) is 0 Å². The Bertz CT molecular complexity index is 295. The second kappa shape index (κ2) is 4.94. The van der Waals surface area contributed by atoms with E-state index >= 15 is 0 Å². The number of carbonyl (C=O) groups is 1. The van der Waals surface area contributed by atoms with Crippen molar-refractivity contribution < 1.29 is 9.90 Å². The van der Waals surface area contributed by atoms with Gasteiger partial charge >= 0.3 is 5.97 Å². The summed E-state index contributed by atoms with van der Waals surface area (Å²) in [6.45, 7) is 4.63. The summed E-state index contributed by atoms with van der Waals surface area (Å²) in [6, 6.07) is 0. The lowest BCUT2D eigenvalue weighted by molar-refractivity contribution is -0.154. The highest BCUT2D eigenvalue weighted by Gasteiger charge is 2.48. The van der Waals surface area contributed by atoms with Crippen molar-refractivity contribution in [2.45, 2.75) is 44.6 Å². The normalized spacial score (nSPS) is 39.4. The van der Waals surface area contributed by atoms with Gasteiger partial charge in [0.2, 0.25) is 0 Å². The first-order chi connectivity index (χ1) is 8.08. The second-order valence-electron chi connectivity index (χ2n) is 5.87. The van der Waals surface area contributed by atoms with E-state index in [0.717, 1.165) is 38.8 Å². The van der Waals surface area contributed by atoms with Crippen LogP contribution in [0.25, 0.3) is 0 Å². The van der Waals surface area contributed by atoms with Crippen molar-refractivity contribution in [2.75, 3.05) is 19.6 Å². The second-order valence-corrected chi connectivity index (χ2v) is 5.87. The van der Waals surface area contributed by atoms with Gasteiger partial charge in [-0.2, -0.15) is 0 Å². The Kier molecular flexibility index (Phi) is 3.73. The van der Waals surface area contributed by atoms with E-state index in [1.807, 2.05) is 0 Å². The molecule has 2 rings (SSSR count). The molecule has 3 N–H and O–H groups in total. The molecule has 0 radical (unpaired) electrons. The Hall–Kier alpha value is -0.610. The molecule has 1 heterocycles. The molecule has 0 spiro atoms. The van der Waals surface area contributed by atoms with Gasteiger partial charge in [0.15, 0.2) is 0 Å². The van der Waals surface area contributed by atoms with Crippen LogP contribution in [0.5, 0.6) is 0 Å². The zero-order valence-electron chi connectivity index (χ0n) is 10.7. The number of carboxylic acids is 1. The molecule has 0 aromatic carbocycles. The number of hydrogen-bond acceptors (Lipinski definition) is 3. The topological polar surface area (TPSA) is 66.6 Å². The molecule has 1 saturated heterocycles. The molecule has 0 amide bonds. The highest BCUT2D eigenvalue weighted by molar-refractivity contribution is 5.79. The standard InChI is InChI=1S/C13H24N2O2/c1-10-3-2-5-13(7-10,12(16)17)15-6-4-11(8-14)9-15/h10-11H,2-9,14H2,1H3,(H,16,17). The summed E-state index contributed by atoms with van der Waals surface area (Å²) in [5.74, 6) is 0.391. The maximum absolute atomic E-state index is 11.7. The fourth-order valence-electron chi connectivity index (χ4n) is 3.55. The minimum Gasteiger partial charge on any atom is -0.480 e. The molecule has 2 aliphatic rings. The lowest BCUT2D eigenvalue weighted by Gasteiger charge is -2.43. The van der Waals surface area contributed by atoms with Crippen molar-refractivity contribution in [3.05, 3.63) is 0 Å². The Balaban J connectivity index is 2.14. The van der Waals surface area contributed by atoms with Gasteiger partial charge in [-0.15, -0.1) is 0 Å². The summed E-state index contributed by atoms with van der Waals surface area (Å²) in [7, 11) is 0. The van der Waals surface area contributed by atoms with Crippen molar-refractivity contribution in [3.8, 4) is 0 Å². The van der Waals surface area contributed by atoms with E-state index in [0.29, 0.717) is 18.4 Å². The van der Waals surface area contributed by atoms with Crippen LogP contribution in [-0.2, 0) is 4.79 Å². The molecule has 3 unspecified atom stereocenters. The lowest BCUT2D eigenvalue weighted by Crippen LogP contribution is -2.56. The van der Waals surface area contributed by atoms with E-state index in [2.05, 4.69) is 11.8 Å². The van der Waals surface area contributed by atoms with Gasteiger partial charge in [-0.25, -0.2) is 0 Å². The molecule has 2 fully saturated rings. The van der Waals surface area contributed by atoms with Crippen molar-refractivity contribution in [1.82, 2.24) is 4.90 Å². The first-order valence-corrected chi connectivity index (χ1v) is 6.77. The van der Waals surface area contributed by atoms with E-state index in [1.165, 1.54) is 6.42 Å². The van der Waals surface area contributed by atoms with Crippen LogP contribution in [0.15, 0.2) is 0 Å². The van der Waals surface area contributed by atoms with Crippen LogP contribution in [0, 0.1) is 11.8 Å². The van der Waals surface area contributed by atoms with Crippen LogP contribution in [0.4, 0.5) is 0 Å². The Morgan fingerprint density at radius 3 is 2.82 bits per heavy atom. The zero-order chi connectivity index (χ0) is 12.5.